The Labute approximate surface area is 110 Å². The van der Waals surface area contributed by atoms with E-state index in [1.54, 1.807) is 0 Å². The van der Waals surface area contributed by atoms with Gasteiger partial charge in [-0.3, -0.25) is 9.69 Å². The number of carbonyl (C=O) groups is 1. The second-order valence-electron chi connectivity index (χ2n) is 5.79. The molecule has 0 bridgehead atoms. The zero-order chi connectivity index (χ0) is 13.1. The van der Waals surface area contributed by atoms with E-state index < -0.39 is 0 Å². The van der Waals surface area contributed by atoms with Crippen LogP contribution in [0, 0.1) is 12.8 Å². The molecule has 0 radical (unpaired) electrons. The maximum Gasteiger partial charge on any atom is 0.177 e. The Kier molecular flexibility index (Phi) is 4.18. The second kappa shape index (κ2) is 5.66. The topological polar surface area (TPSA) is 20.3 Å². The molecule has 18 heavy (non-hydrogen) atoms. The quantitative estimate of drug-likeness (QED) is 0.717. The molecule has 1 fully saturated rings. The van der Waals surface area contributed by atoms with Gasteiger partial charge in [0.25, 0.3) is 0 Å². The standard InChI is InChI=1S/C16H23NO/c1-12(2)10-17(14-8-9-14)11-16(18)15-7-5-4-6-13(15)3/h4-7,12,14H,8-11H2,1-3H3. The lowest BCUT2D eigenvalue weighted by Gasteiger charge is -2.23. The Morgan fingerprint density at radius 1 is 1.33 bits per heavy atom. The first-order chi connectivity index (χ1) is 8.58. The van der Waals surface area contributed by atoms with Crippen LogP contribution in [-0.4, -0.2) is 29.8 Å². The van der Waals surface area contributed by atoms with Crippen LogP contribution in [0.15, 0.2) is 24.3 Å². The molecule has 0 spiro atoms. The van der Waals surface area contributed by atoms with Crippen LogP contribution in [-0.2, 0) is 0 Å². The minimum Gasteiger partial charge on any atom is -0.293 e. The van der Waals surface area contributed by atoms with Crippen molar-refractivity contribution in [2.75, 3.05) is 13.1 Å². The van der Waals surface area contributed by atoms with Gasteiger partial charge in [-0.25, -0.2) is 0 Å². The molecule has 0 saturated heterocycles. The van der Waals surface area contributed by atoms with Crippen molar-refractivity contribution in [3.63, 3.8) is 0 Å². The lowest BCUT2D eigenvalue weighted by Crippen LogP contribution is -2.35. The average molecular weight is 245 g/mol. The highest BCUT2D eigenvalue weighted by atomic mass is 16.1. The Balaban J connectivity index is 2.03. The number of nitrogens with zero attached hydrogens (tertiary/aromatic N) is 1. The molecule has 0 aliphatic heterocycles. The van der Waals surface area contributed by atoms with E-state index in [1.165, 1.54) is 12.8 Å². The number of aryl methyl sites for hydroxylation is 1. The van der Waals surface area contributed by atoms with E-state index in [4.69, 9.17) is 0 Å². The summed E-state index contributed by atoms with van der Waals surface area (Å²) in [5, 5.41) is 0. The maximum absolute atomic E-state index is 12.3. The number of benzene rings is 1. The molecule has 2 heteroatoms. The Hall–Kier alpha value is -1.15. The SMILES string of the molecule is Cc1ccccc1C(=O)CN(CC(C)C)C1CC1. The van der Waals surface area contributed by atoms with Gasteiger partial charge in [0.1, 0.15) is 0 Å². The third-order valence-corrected chi connectivity index (χ3v) is 3.46. The summed E-state index contributed by atoms with van der Waals surface area (Å²) in [6, 6.07) is 8.54. The van der Waals surface area contributed by atoms with Gasteiger partial charge in [-0.05, 0) is 31.2 Å². The van der Waals surface area contributed by atoms with Crippen molar-refractivity contribution >= 4 is 5.78 Å². The van der Waals surface area contributed by atoms with Crippen LogP contribution >= 0.6 is 0 Å². The molecule has 1 aliphatic carbocycles. The highest BCUT2D eigenvalue weighted by Crippen LogP contribution is 2.27. The van der Waals surface area contributed by atoms with Crippen molar-refractivity contribution in [3.05, 3.63) is 35.4 Å². The first-order valence-corrected chi connectivity index (χ1v) is 6.91. The number of hydrogen-bond donors (Lipinski definition) is 0. The van der Waals surface area contributed by atoms with Gasteiger partial charge in [0, 0.05) is 18.2 Å². The number of Topliss-reactive ketones (excluding diaryl/α,β-unsaturated/α-hetero) is 1. The van der Waals surface area contributed by atoms with Gasteiger partial charge in [-0.2, -0.15) is 0 Å². The predicted molar refractivity (Wildman–Crippen MR) is 74.9 cm³/mol. The monoisotopic (exact) mass is 245 g/mol. The van der Waals surface area contributed by atoms with Crippen molar-refractivity contribution in [1.29, 1.82) is 0 Å². The highest BCUT2D eigenvalue weighted by molar-refractivity contribution is 5.98. The summed E-state index contributed by atoms with van der Waals surface area (Å²) < 4.78 is 0. The van der Waals surface area contributed by atoms with Crippen LogP contribution in [0.4, 0.5) is 0 Å². The van der Waals surface area contributed by atoms with Crippen molar-refractivity contribution in [3.8, 4) is 0 Å². The molecule has 1 saturated carbocycles. The van der Waals surface area contributed by atoms with E-state index >= 15 is 0 Å². The molecule has 0 amide bonds. The summed E-state index contributed by atoms with van der Waals surface area (Å²) in [5.74, 6) is 0.885. The Morgan fingerprint density at radius 2 is 2.00 bits per heavy atom. The maximum atomic E-state index is 12.3. The number of ketones is 1. The summed E-state index contributed by atoms with van der Waals surface area (Å²) >= 11 is 0. The normalized spacial score (nSPS) is 15.4. The molecule has 2 nitrogen and oxygen atoms in total. The molecular formula is C16H23NO. The third kappa shape index (κ3) is 3.42. The first kappa shape index (κ1) is 13.3. The van der Waals surface area contributed by atoms with Crippen LogP contribution in [0.2, 0.25) is 0 Å². The predicted octanol–water partition coefficient (Wildman–Crippen LogP) is 3.30. The van der Waals surface area contributed by atoms with Crippen molar-refractivity contribution < 1.29 is 4.79 Å². The molecule has 0 N–H and O–H groups in total. The van der Waals surface area contributed by atoms with E-state index in [0.29, 0.717) is 18.5 Å². The fourth-order valence-corrected chi connectivity index (χ4v) is 2.41. The molecule has 98 valence electrons. The molecule has 0 atom stereocenters. The van der Waals surface area contributed by atoms with Crippen molar-refractivity contribution in [2.45, 2.75) is 39.7 Å². The van der Waals surface area contributed by atoms with Crippen LogP contribution in [0.3, 0.4) is 0 Å². The van der Waals surface area contributed by atoms with Gasteiger partial charge in [0.15, 0.2) is 5.78 Å². The fraction of sp³-hybridized carbons (Fsp3) is 0.562. The van der Waals surface area contributed by atoms with Crippen LogP contribution in [0.25, 0.3) is 0 Å². The highest BCUT2D eigenvalue weighted by Gasteiger charge is 2.30. The smallest absolute Gasteiger partial charge is 0.177 e. The molecular weight excluding hydrogens is 222 g/mol. The number of hydrogen-bond acceptors (Lipinski definition) is 2. The van der Waals surface area contributed by atoms with Gasteiger partial charge in [-0.1, -0.05) is 38.1 Å². The van der Waals surface area contributed by atoms with Crippen molar-refractivity contribution in [1.82, 2.24) is 4.90 Å². The van der Waals surface area contributed by atoms with Crippen LogP contribution < -0.4 is 0 Å². The second-order valence-corrected chi connectivity index (χ2v) is 5.79. The zero-order valence-electron chi connectivity index (χ0n) is 11.6. The van der Waals surface area contributed by atoms with Crippen LogP contribution in [0.1, 0.15) is 42.6 Å². The Morgan fingerprint density at radius 3 is 2.56 bits per heavy atom. The van der Waals surface area contributed by atoms with Gasteiger partial charge >= 0.3 is 0 Å². The van der Waals surface area contributed by atoms with Gasteiger partial charge in [0.2, 0.25) is 0 Å². The third-order valence-electron chi connectivity index (χ3n) is 3.46. The van der Waals surface area contributed by atoms with E-state index in [2.05, 4.69) is 18.7 Å². The largest absolute Gasteiger partial charge is 0.293 e. The molecule has 2 rings (SSSR count). The first-order valence-electron chi connectivity index (χ1n) is 6.91. The van der Waals surface area contributed by atoms with E-state index in [0.717, 1.165) is 17.7 Å². The lowest BCUT2D eigenvalue weighted by atomic mass is 10.0. The average Bonchev–Trinajstić information content (AvgIpc) is 3.11. The summed E-state index contributed by atoms with van der Waals surface area (Å²) in [7, 11) is 0. The molecule has 0 unspecified atom stereocenters. The van der Waals surface area contributed by atoms with E-state index in [-0.39, 0.29) is 5.78 Å². The summed E-state index contributed by atoms with van der Waals surface area (Å²) in [5.41, 5.74) is 1.97. The molecule has 1 aromatic rings. The zero-order valence-corrected chi connectivity index (χ0v) is 11.6. The molecule has 0 heterocycles. The van der Waals surface area contributed by atoms with E-state index in [9.17, 15) is 4.79 Å². The van der Waals surface area contributed by atoms with Gasteiger partial charge in [0.05, 0.1) is 6.54 Å². The van der Waals surface area contributed by atoms with Crippen LogP contribution in [0.5, 0.6) is 0 Å². The van der Waals surface area contributed by atoms with E-state index in [1.807, 2.05) is 31.2 Å². The minimum atomic E-state index is 0.264. The van der Waals surface area contributed by atoms with Gasteiger partial charge < -0.3 is 0 Å². The fourth-order valence-electron chi connectivity index (χ4n) is 2.41. The number of rotatable bonds is 6. The lowest BCUT2D eigenvalue weighted by molar-refractivity contribution is 0.0914. The summed E-state index contributed by atoms with van der Waals surface area (Å²) in [6.45, 7) is 8.05. The molecule has 1 aromatic carbocycles. The van der Waals surface area contributed by atoms with Crippen molar-refractivity contribution in [2.24, 2.45) is 5.92 Å². The Bertz CT molecular complexity index is 421. The summed E-state index contributed by atoms with van der Waals surface area (Å²) in [6.07, 6.45) is 2.52. The number of carbonyl (C=O) groups excluding carboxylic acids is 1. The van der Waals surface area contributed by atoms with Gasteiger partial charge in [-0.15, -0.1) is 0 Å². The minimum absolute atomic E-state index is 0.264. The summed E-state index contributed by atoms with van der Waals surface area (Å²) in [4.78, 5) is 14.7. The molecule has 1 aliphatic rings. The molecule has 0 aromatic heterocycles.